The highest BCUT2D eigenvalue weighted by Gasteiger charge is 2.40. The van der Waals surface area contributed by atoms with Crippen molar-refractivity contribution in [1.29, 1.82) is 0 Å². The highest BCUT2D eigenvalue weighted by atomic mass is 32.2. The number of amides is 2. The van der Waals surface area contributed by atoms with Crippen molar-refractivity contribution >= 4 is 28.6 Å². The number of nitrogens with zero attached hydrogens (tertiary/aromatic N) is 3. The van der Waals surface area contributed by atoms with Gasteiger partial charge in [0.05, 0.1) is 12.4 Å². The Morgan fingerprint density at radius 3 is 2.12 bits per heavy atom. The van der Waals surface area contributed by atoms with Crippen molar-refractivity contribution in [2.75, 3.05) is 17.3 Å². The topological polar surface area (TPSA) is 45.1 Å². The summed E-state index contributed by atoms with van der Waals surface area (Å²) in [6.07, 6.45) is -4.55. The number of anilines is 1. The Hall–Kier alpha value is -3.46. The highest BCUT2D eigenvalue weighted by Crippen LogP contribution is 2.29. The average molecular weight is 472 g/mol. The molecule has 0 aromatic heterocycles. The van der Waals surface area contributed by atoms with Gasteiger partial charge in [-0.3, -0.25) is 14.8 Å². The fourth-order valence-corrected chi connectivity index (χ4v) is 4.13. The van der Waals surface area contributed by atoms with Crippen LogP contribution in [0.1, 0.15) is 5.56 Å². The van der Waals surface area contributed by atoms with Gasteiger partial charge in [0, 0.05) is 5.69 Å². The van der Waals surface area contributed by atoms with E-state index in [0.717, 1.165) is 17.3 Å². The van der Waals surface area contributed by atoms with Crippen LogP contribution in [0.4, 0.5) is 23.7 Å². The number of ether oxygens (including phenoxy) is 1. The minimum Gasteiger partial charge on any atom is -0.457 e. The first-order valence-corrected chi connectivity index (χ1v) is 11.1. The molecule has 0 atom stereocenters. The summed E-state index contributed by atoms with van der Waals surface area (Å²) in [5.41, 5.74) is 1.32. The van der Waals surface area contributed by atoms with Gasteiger partial charge in [-0.25, -0.2) is 4.79 Å². The first-order chi connectivity index (χ1) is 15.9. The maximum absolute atomic E-state index is 13.2. The van der Waals surface area contributed by atoms with Crippen molar-refractivity contribution in [1.82, 2.24) is 4.90 Å². The second-order valence-corrected chi connectivity index (χ2v) is 8.09. The SMILES string of the molecule is O=C1N(CC(F)(F)F)/C(=N/Cc2ccc(Oc3ccccc3)cc2)SCN1c1ccccc1. The third kappa shape index (κ3) is 6.07. The summed E-state index contributed by atoms with van der Waals surface area (Å²) >= 11 is 1.10. The molecule has 3 aromatic rings. The number of carbonyl (C=O) groups is 1. The van der Waals surface area contributed by atoms with Crippen molar-refractivity contribution in [3.05, 3.63) is 90.5 Å². The van der Waals surface area contributed by atoms with Gasteiger partial charge in [0.2, 0.25) is 0 Å². The lowest BCUT2D eigenvalue weighted by Gasteiger charge is -2.36. The van der Waals surface area contributed by atoms with Crippen molar-refractivity contribution in [2.45, 2.75) is 12.7 Å². The predicted molar refractivity (Wildman–Crippen MR) is 124 cm³/mol. The molecule has 9 heteroatoms. The van der Waals surface area contributed by atoms with Gasteiger partial charge in [-0.15, -0.1) is 0 Å². The maximum atomic E-state index is 13.2. The predicted octanol–water partition coefficient (Wildman–Crippen LogP) is 6.53. The molecule has 0 unspecified atom stereocenters. The third-order valence-corrected chi connectivity index (χ3v) is 5.71. The molecule has 1 aliphatic heterocycles. The summed E-state index contributed by atoms with van der Waals surface area (Å²) in [6.45, 7) is -1.26. The first-order valence-electron chi connectivity index (χ1n) is 10.1. The molecular formula is C24H20F3N3O2S. The molecule has 33 heavy (non-hydrogen) atoms. The Balaban J connectivity index is 1.48. The molecule has 0 spiro atoms. The number of carbonyl (C=O) groups excluding carboxylic acids is 1. The van der Waals surface area contributed by atoms with Crippen molar-refractivity contribution in [2.24, 2.45) is 4.99 Å². The number of para-hydroxylation sites is 2. The molecule has 0 N–H and O–H groups in total. The molecule has 170 valence electrons. The molecule has 1 heterocycles. The monoisotopic (exact) mass is 471 g/mol. The number of alkyl halides is 3. The van der Waals surface area contributed by atoms with Gasteiger partial charge in [0.25, 0.3) is 0 Å². The van der Waals surface area contributed by atoms with Crippen LogP contribution in [0, 0.1) is 0 Å². The molecule has 3 aromatic carbocycles. The number of hydrogen-bond donors (Lipinski definition) is 0. The summed E-state index contributed by atoms with van der Waals surface area (Å²) in [6, 6.07) is 24.3. The second kappa shape index (κ2) is 9.99. The van der Waals surface area contributed by atoms with Gasteiger partial charge in [-0.05, 0) is 42.0 Å². The minimum atomic E-state index is -4.55. The molecule has 1 saturated heterocycles. The van der Waals surface area contributed by atoms with Gasteiger partial charge in [0.15, 0.2) is 5.17 Å². The molecule has 1 fully saturated rings. The molecular weight excluding hydrogens is 451 g/mol. The number of benzene rings is 3. The zero-order valence-corrected chi connectivity index (χ0v) is 18.2. The Morgan fingerprint density at radius 1 is 0.879 bits per heavy atom. The van der Waals surface area contributed by atoms with Gasteiger partial charge in [-0.1, -0.05) is 60.3 Å². The highest BCUT2D eigenvalue weighted by molar-refractivity contribution is 8.14. The van der Waals surface area contributed by atoms with Crippen LogP contribution in [0.15, 0.2) is 89.9 Å². The van der Waals surface area contributed by atoms with E-state index in [-0.39, 0.29) is 17.6 Å². The number of urea groups is 1. The Bertz CT molecular complexity index is 1110. The molecule has 1 aliphatic rings. The minimum absolute atomic E-state index is 0.0501. The lowest BCUT2D eigenvalue weighted by Crippen LogP contribution is -2.53. The van der Waals surface area contributed by atoms with Crippen LogP contribution in [0.5, 0.6) is 11.5 Å². The van der Waals surface area contributed by atoms with E-state index >= 15 is 0 Å². The largest absolute Gasteiger partial charge is 0.457 e. The summed E-state index contributed by atoms with van der Waals surface area (Å²) in [4.78, 5) is 19.2. The van der Waals surface area contributed by atoms with Gasteiger partial charge in [-0.2, -0.15) is 13.2 Å². The Labute approximate surface area is 193 Å². The number of thioether (sulfide) groups is 1. The molecule has 0 radical (unpaired) electrons. The molecule has 2 amide bonds. The lowest BCUT2D eigenvalue weighted by atomic mass is 10.2. The van der Waals surface area contributed by atoms with Crippen LogP contribution in [0.3, 0.4) is 0 Å². The van der Waals surface area contributed by atoms with Crippen molar-refractivity contribution < 1.29 is 22.7 Å². The number of halogens is 3. The zero-order valence-electron chi connectivity index (χ0n) is 17.4. The fraction of sp³-hybridized carbons (Fsp3) is 0.167. The van der Waals surface area contributed by atoms with Crippen molar-refractivity contribution in [3.63, 3.8) is 0 Å². The second-order valence-electron chi connectivity index (χ2n) is 7.18. The van der Waals surface area contributed by atoms with Crippen LogP contribution in [0.2, 0.25) is 0 Å². The number of hydrogen-bond acceptors (Lipinski definition) is 4. The summed E-state index contributed by atoms with van der Waals surface area (Å²) in [7, 11) is 0. The van der Waals surface area contributed by atoms with E-state index in [4.69, 9.17) is 4.74 Å². The van der Waals surface area contributed by atoms with Gasteiger partial charge < -0.3 is 4.74 Å². The lowest BCUT2D eigenvalue weighted by molar-refractivity contribution is -0.133. The molecule has 4 rings (SSSR count). The fourth-order valence-electron chi connectivity index (χ4n) is 3.17. The van der Waals surface area contributed by atoms with Crippen LogP contribution < -0.4 is 9.64 Å². The molecule has 0 bridgehead atoms. The van der Waals surface area contributed by atoms with E-state index in [0.29, 0.717) is 22.1 Å². The normalized spacial score (nSPS) is 15.7. The molecule has 0 saturated carbocycles. The van der Waals surface area contributed by atoms with E-state index in [1.165, 1.54) is 4.90 Å². The third-order valence-electron chi connectivity index (χ3n) is 4.72. The van der Waals surface area contributed by atoms with E-state index in [1.807, 2.05) is 30.3 Å². The number of aliphatic imine (C=N–C) groups is 1. The van der Waals surface area contributed by atoms with E-state index in [9.17, 15) is 18.0 Å². The summed E-state index contributed by atoms with van der Waals surface area (Å²) in [5.74, 6) is 1.52. The van der Waals surface area contributed by atoms with E-state index < -0.39 is 18.8 Å². The molecule has 0 aliphatic carbocycles. The van der Waals surface area contributed by atoms with Crippen LogP contribution in [-0.4, -0.2) is 34.7 Å². The summed E-state index contributed by atoms with van der Waals surface area (Å²) < 4.78 is 45.4. The van der Waals surface area contributed by atoms with E-state index in [1.54, 1.807) is 54.6 Å². The maximum Gasteiger partial charge on any atom is 0.406 e. The zero-order chi connectivity index (χ0) is 23.3. The van der Waals surface area contributed by atoms with Crippen LogP contribution >= 0.6 is 11.8 Å². The van der Waals surface area contributed by atoms with Crippen molar-refractivity contribution in [3.8, 4) is 11.5 Å². The smallest absolute Gasteiger partial charge is 0.406 e. The van der Waals surface area contributed by atoms with Crippen LogP contribution in [0.25, 0.3) is 0 Å². The average Bonchev–Trinajstić information content (AvgIpc) is 2.81. The van der Waals surface area contributed by atoms with Gasteiger partial charge >= 0.3 is 12.2 Å². The number of amidine groups is 1. The summed E-state index contributed by atoms with van der Waals surface area (Å²) in [5, 5.41) is 0.0501. The molecule has 5 nitrogen and oxygen atoms in total. The van der Waals surface area contributed by atoms with E-state index in [2.05, 4.69) is 4.99 Å². The van der Waals surface area contributed by atoms with Gasteiger partial charge in [0.1, 0.15) is 18.0 Å². The standard InChI is InChI=1S/C24H20F3N3O2S/c25-24(26,27)16-29-22(33-17-30(23(29)31)19-7-3-1-4-8-19)28-15-18-11-13-21(14-12-18)32-20-9-5-2-6-10-20/h1-14H,15-17H2/b28-22-. The Morgan fingerprint density at radius 2 is 1.48 bits per heavy atom. The number of rotatable bonds is 6. The quantitative estimate of drug-likeness (QED) is 0.411. The van der Waals surface area contributed by atoms with Crippen LogP contribution in [-0.2, 0) is 6.54 Å². The Kier molecular flexibility index (Phi) is 6.88. The first kappa shape index (κ1) is 22.7.